The van der Waals surface area contributed by atoms with E-state index in [1.807, 2.05) is 30.3 Å². The van der Waals surface area contributed by atoms with Crippen LogP contribution >= 0.6 is 0 Å². The molecule has 0 aliphatic carbocycles. The largest absolute Gasteiger partial charge is 0.286 e. The molecule has 0 amide bonds. The Bertz CT molecular complexity index is 6480. The van der Waals surface area contributed by atoms with Crippen molar-refractivity contribution in [1.29, 1.82) is 0 Å². The second-order valence-corrected chi connectivity index (χ2v) is 31.1. The van der Waals surface area contributed by atoms with Gasteiger partial charge in [-0.1, -0.05) is 38.5 Å². The van der Waals surface area contributed by atoms with Gasteiger partial charge in [0.1, 0.15) is 29.0 Å². The third-order valence-electron chi connectivity index (χ3n) is 21.5. The van der Waals surface area contributed by atoms with E-state index in [4.69, 9.17) is 0 Å². The lowest BCUT2D eigenvalue weighted by molar-refractivity contribution is -0.850. The molecule has 0 bridgehead atoms. The molecule has 17 rings (SSSR count). The molecule has 2 atom stereocenters. The average molecular weight is 1690 g/mol. The zero-order valence-corrected chi connectivity index (χ0v) is 57.0. The van der Waals surface area contributed by atoms with Crippen LogP contribution in [0.25, 0.3) is 129 Å². The van der Waals surface area contributed by atoms with E-state index in [2.05, 4.69) is 13.8 Å². The molecule has 2 unspecified atom stereocenters. The topological polar surface area (TPSA) is 4.44 Å². The van der Waals surface area contributed by atoms with Crippen molar-refractivity contribution in [2.75, 3.05) is 13.3 Å². The van der Waals surface area contributed by atoms with Gasteiger partial charge in [-0.3, -0.25) is 4.90 Å². The van der Waals surface area contributed by atoms with Gasteiger partial charge in [0, 0.05) is 49.0 Å². The van der Waals surface area contributed by atoms with Crippen LogP contribution in [0.2, 0.25) is 0 Å². The summed E-state index contributed by atoms with van der Waals surface area (Å²) < 4.78 is 619. The highest BCUT2D eigenvalue weighted by molar-refractivity contribution is 7.23. The fourth-order valence-corrected chi connectivity index (χ4v) is 23.6. The molecule has 0 aliphatic heterocycles. The number of benzene rings is 17. The maximum Gasteiger partial charge on any atom is 0.286 e. The van der Waals surface area contributed by atoms with E-state index in [1.54, 1.807) is 0 Å². The first-order chi connectivity index (χ1) is 54.5. The van der Waals surface area contributed by atoms with E-state index in [1.165, 1.54) is 12.8 Å². The van der Waals surface area contributed by atoms with Crippen molar-refractivity contribution in [3.8, 4) is 0 Å². The predicted molar refractivity (Wildman–Crippen MR) is 345 cm³/mol. The lowest BCUT2D eigenvalue weighted by Crippen LogP contribution is -3.07. The summed E-state index contributed by atoms with van der Waals surface area (Å²) in [6.45, 7) is 4.93. The van der Waals surface area contributed by atoms with Crippen molar-refractivity contribution >= 4 is 166 Å². The van der Waals surface area contributed by atoms with Crippen LogP contribution in [0.4, 0.5) is 168 Å². The van der Waals surface area contributed by atoms with Crippen molar-refractivity contribution in [3.63, 3.8) is 0 Å². The molecule has 0 spiro atoms. The van der Waals surface area contributed by atoms with E-state index in [0.717, 1.165) is 17.1 Å². The number of rotatable bonds is 10. The van der Waals surface area contributed by atoms with Gasteiger partial charge < -0.3 is 0 Å². The van der Waals surface area contributed by atoms with Crippen LogP contribution < -0.4 is 22.6 Å². The van der Waals surface area contributed by atoms with Gasteiger partial charge in [0.15, 0.2) is 186 Å². The van der Waals surface area contributed by atoms with Crippen LogP contribution in [0, 0.1) is 215 Å². The van der Waals surface area contributed by atoms with Crippen molar-refractivity contribution < 1.29 is 167 Å². The number of halogens is 37. The lowest BCUT2D eigenvalue weighted by Gasteiger charge is -2.45. The number of hydrogen-bond acceptors (Lipinski definition) is 0. The van der Waals surface area contributed by atoms with Crippen LogP contribution in [0.1, 0.15) is 26.7 Å². The van der Waals surface area contributed by atoms with E-state index >= 15 is 158 Å². The Labute approximate surface area is 616 Å². The van der Waals surface area contributed by atoms with Crippen LogP contribution in [0.5, 0.6) is 0 Å². The Morgan fingerprint density at radius 2 is 0.371 bits per heavy atom. The molecule has 17 aromatic rings. The van der Waals surface area contributed by atoms with Crippen LogP contribution in [0.3, 0.4) is 0 Å². The molecule has 39 heteroatoms. The van der Waals surface area contributed by atoms with Crippen LogP contribution in [-0.2, 0) is 0 Å². The molecule has 0 saturated heterocycles. The van der Waals surface area contributed by atoms with Gasteiger partial charge in [-0.15, -0.1) is 0 Å². The molecule has 0 radical (unpaired) electrons. The summed E-state index contributed by atoms with van der Waals surface area (Å²) in [5.41, 5.74) is 1.06. The molecule has 1 nitrogen and oxygen atoms in total. The first-order valence-corrected chi connectivity index (χ1v) is 35.0. The molecule has 0 heterocycles. The smallest absolute Gasteiger partial charge is 0.276 e. The minimum Gasteiger partial charge on any atom is -0.276 e. The molecule has 0 fully saturated rings. The summed E-state index contributed by atoms with van der Waals surface area (Å²) in [6.07, 6.45) is 2.35. The minimum absolute atomic E-state index is 0.321. The zero-order chi connectivity index (χ0) is 84.5. The third kappa shape index (κ3) is 9.34. The molecule has 1 N–H and O–H groups in total. The molecular formula is C77H21AlF37N. The van der Waals surface area contributed by atoms with Crippen LogP contribution in [-0.4, -0.2) is 26.4 Å². The highest BCUT2D eigenvalue weighted by Gasteiger charge is 2.56. The Morgan fingerprint density at radius 1 is 0.216 bits per heavy atom. The Morgan fingerprint density at radius 3 is 0.543 bits per heavy atom. The first-order valence-electron chi connectivity index (χ1n) is 32.7. The van der Waals surface area contributed by atoms with Gasteiger partial charge in [-0.05, 0) is 40.1 Å². The van der Waals surface area contributed by atoms with E-state index < -0.39 is 369 Å². The summed E-state index contributed by atoms with van der Waals surface area (Å²) in [5, 5.41) is -70.8. The lowest BCUT2D eigenvalue weighted by atomic mass is 9.90. The predicted octanol–water partition coefficient (Wildman–Crippen LogP) is 22.2. The van der Waals surface area contributed by atoms with Gasteiger partial charge in [0.25, 0.3) is 13.1 Å². The molecule has 0 aliphatic rings. The summed E-state index contributed by atoms with van der Waals surface area (Å²) in [6, 6.07) is 9.89. The second-order valence-electron chi connectivity index (χ2n) is 27.0. The average Bonchev–Trinajstić information content (AvgIpc) is 0.644. The summed E-state index contributed by atoms with van der Waals surface area (Å²) in [4.78, 5) is 0.941. The number of para-hydroxylation sites is 1. The van der Waals surface area contributed by atoms with Crippen molar-refractivity contribution in [2.24, 2.45) is 5.92 Å². The van der Waals surface area contributed by atoms with Crippen molar-refractivity contribution in [2.45, 2.75) is 26.7 Å². The fourth-order valence-electron chi connectivity index (χ4n) is 17.0. The quantitative estimate of drug-likeness (QED) is 0.0458. The SMILES string of the molecule is CCCC(C)C[NH+](CF)c1ccccc1.Fc1c(F)c2c(F)c(F)c3c(F)c(F)[c]([Al-]([c]4c(F)c(F)c5c(F)c(F)c6c(F)c(F)c(F)c7c(F)c(F)c4c5c67)([c]4c(F)c(F)c5c(F)c(F)c6c(F)c(F)c(F)c7c(F)c(F)c4c5c67)[c]4c(F)c(F)c5c(F)c(F)c6c(F)c(F)c(F)c7c(F)c(F)c4c5c67)c4c(F)c(F)c(c1F)c2c34. The summed E-state index contributed by atoms with van der Waals surface area (Å²) >= 11 is -10.9. The Balaban J connectivity index is 0.000000607. The van der Waals surface area contributed by atoms with Gasteiger partial charge in [-0.25, -0.2) is 158 Å². The number of alkyl halides is 1. The number of quaternary nitrogens is 1. The number of hydrogen-bond donors (Lipinski definition) is 1. The standard InChI is InChI=1S/4C16F9.C13H20FN.Al/c4*17-3-1-2-4-5-7(11(20)9(2)18)14(23)16(25)15(24)8(5)13(22)12(21)6(4)10(3)19;1-3-7-12(2)10-15(11-14)13-8-5-4-6-9-13;/h;;;;4-6,8-9,12H,3,7,10-11H2,1-2H3;/q;;;;;-1/p+1. The number of nitrogens with one attached hydrogen (secondary N) is 1. The Hall–Kier alpha value is -11.2. The van der Waals surface area contributed by atoms with Crippen LogP contribution in [0.15, 0.2) is 30.3 Å². The third-order valence-corrected chi connectivity index (χ3v) is 27.1. The zero-order valence-electron chi connectivity index (χ0n) is 55.9. The molecule has 0 aromatic heterocycles. The fraction of sp³-hybridized carbons (Fsp3) is 0.0909. The molecule has 116 heavy (non-hydrogen) atoms. The Kier molecular flexibility index (Phi) is 17.7. The molecular weight excluding hydrogens is 1670 g/mol. The normalized spacial score (nSPS) is 13.2. The molecule has 0 saturated carbocycles. The summed E-state index contributed by atoms with van der Waals surface area (Å²) in [7, 11) is 0. The van der Waals surface area contributed by atoms with E-state index in [0.29, 0.717) is 5.92 Å². The highest BCUT2D eigenvalue weighted by atomic mass is 27.2. The maximum absolute atomic E-state index is 19.4. The minimum atomic E-state index is -10.9. The summed E-state index contributed by atoms with van der Waals surface area (Å²) in [5.74, 6) is -128. The molecule has 17 aromatic carbocycles. The maximum atomic E-state index is 19.4. The van der Waals surface area contributed by atoms with Gasteiger partial charge in [-0.2, -0.15) is 22.1 Å². The van der Waals surface area contributed by atoms with Crippen molar-refractivity contribution in [1.82, 2.24) is 0 Å². The first kappa shape index (κ1) is 78.7. The van der Waals surface area contributed by atoms with E-state index in [-0.39, 0.29) is 6.80 Å². The van der Waals surface area contributed by atoms with Gasteiger partial charge in [0.2, 0.25) is 6.80 Å². The monoisotopic (exact) mass is 1690 g/mol. The van der Waals surface area contributed by atoms with E-state index in [9.17, 15) is 4.39 Å². The highest BCUT2D eigenvalue weighted by Crippen LogP contribution is 2.53. The second kappa shape index (κ2) is 26.2. The van der Waals surface area contributed by atoms with Gasteiger partial charge >= 0.3 is 0 Å². The van der Waals surface area contributed by atoms with Crippen molar-refractivity contribution in [3.05, 3.63) is 240 Å². The van der Waals surface area contributed by atoms with Gasteiger partial charge in [0.05, 0.1) is 71.2 Å². The molecule has 596 valence electrons.